The monoisotopic (exact) mass is 241 g/mol. The number of rotatable bonds is 8. The Morgan fingerprint density at radius 2 is 2.25 bits per heavy atom. The molecule has 0 aliphatic carbocycles. The summed E-state index contributed by atoms with van der Waals surface area (Å²) in [7, 11) is 0. The topological polar surface area (TPSA) is 29.9 Å². The summed E-state index contributed by atoms with van der Waals surface area (Å²) in [6.45, 7) is 9.59. The van der Waals surface area contributed by atoms with Crippen molar-refractivity contribution in [1.82, 2.24) is 15.1 Å². The van der Waals surface area contributed by atoms with Crippen LogP contribution in [-0.4, -0.2) is 27.8 Å². The number of nitrogens with one attached hydrogen (secondary N) is 1. The van der Waals surface area contributed by atoms with Crippen molar-refractivity contribution < 1.29 is 0 Å². The van der Waals surface area contributed by atoms with E-state index in [9.17, 15) is 0 Å². The molecule has 0 unspecified atom stereocenters. The molecular formula is C12H23N3S. The summed E-state index contributed by atoms with van der Waals surface area (Å²) in [5.74, 6) is 2.34. The predicted octanol–water partition coefficient (Wildman–Crippen LogP) is 2.44. The van der Waals surface area contributed by atoms with Crippen molar-refractivity contribution in [1.29, 1.82) is 0 Å². The molecule has 0 spiro atoms. The number of thioether (sulfide) groups is 1. The van der Waals surface area contributed by atoms with Gasteiger partial charge in [-0.1, -0.05) is 13.8 Å². The first-order chi connectivity index (χ1) is 7.79. The van der Waals surface area contributed by atoms with Crippen molar-refractivity contribution in [2.75, 3.05) is 18.1 Å². The lowest BCUT2D eigenvalue weighted by Gasteiger charge is -2.05. The molecule has 3 nitrogen and oxygen atoms in total. The molecular weight excluding hydrogens is 218 g/mol. The highest BCUT2D eigenvalue weighted by Crippen LogP contribution is 2.08. The summed E-state index contributed by atoms with van der Waals surface area (Å²) in [4.78, 5) is 0. The molecule has 0 aromatic carbocycles. The van der Waals surface area contributed by atoms with Gasteiger partial charge in [-0.05, 0) is 25.6 Å². The molecule has 92 valence electrons. The normalized spacial score (nSPS) is 10.9. The van der Waals surface area contributed by atoms with Crippen molar-refractivity contribution in [2.24, 2.45) is 0 Å². The van der Waals surface area contributed by atoms with Gasteiger partial charge < -0.3 is 5.32 Å². The largest absolute Gasteiger partial charge is 0.313 e. The summed E-state index contributed by atoms with van der Waals surface area (Å²) < 4.78 is 2.12. The van der Waals surface area contributed by atoms with Crippen LogP contribution in [0.1, 0.15) is 31.5 Å². The van der Waals surface area contributed by atoms with Crippen molar-refractivity contribution >= 4 is 11.8 Å². The second-order valence-electron chi connectivity index (χ2n) is 3.85. The van der Waals surface area contributed by atoms with Gasteiger partial charge >= 0.3 is 0 Å². The summed E-state index contributed by atoms with van der Waals surface area (Å²) in [5, 5.41) is 7.84. The first kappa shape index (κ1) is 13.6. The zero-order valence-corrected chi connectivity index (χ0v) is 11.4. The summed E-state index contributed by atoms with van der Waals surface area (Å²) >= 11 is 1.97. The highest BCUT2D eigenvalue weighted by Gasteiger charge is 2.05. The predicted molar refractivity (Wildman–Crippen MR) is 72.0 cm³/mol. The van der Waals surface area contributed by atoms with E-state index in [1.54, 1.807) is 0 Å². The van der Waals surface area contributed by atoms with Gasteiger partial charge in [0.05, 0.1) is 12.7 Å². The third kappa shape index (κ3) is 4.18. The maximum Gasteiger partial charge on any atom is 0.0537 e. The summed E-state index contributed by atoms with van der Waals surface area (Å²) in [6.07, 6.45) is 3.18. The van der Waals surface area contributed by atoms with Crippen LogP contribution in [0.4, 0.5) is 0 Å². The van der Waals surface area contributed by atoms with Crippen LogP contribution < -0.4 is 5.32 Å². The Hall–Kier alpha value is -0.480. The van der Waals surface area contributed by atoms with Gasteiger partial charge in [-0.2, -0.15) is 16.9 Å². The van der Waals surface area contributed by atoms with Crippen LogP contribution in [0.25, 0.3) is 0 Å². The van der Waals surface area contributed by atoms with E-state index in [2.05, 4.69) is 35.9 Å². The molecule has 0 saturated carbocycles. The Morgan fingerprint density at radius 1 is 1.44 bits per heavy atom. The molecule has 0 aliphatic heterocycles. The molecule has 0 bridgehead atoms. The van der Waals surface area contributed by atoms with E-state index < -0.39 is 0 Å². The van der Waals surface area contributed by atoms with Crippen LogP contribution >= 0.6 is 11.8 Å². The van der Waals surface area contributed by atoms with Crippen molar-refractivity contribution in [3.8, 4) is 0 Å². The molecule has 0 amide bonds. The van der Waals surface area contributed by atoms with Crippen LogP contribution in [0.3, 0.4) is 0 Å². The summed E-state index contributed by atoms with van der Waals surface area (Å²) in [5.41, 5.74) is 2.63. The van der Waals surface area contributed by atoms with E-state index in [0.717, 1.165) is 25.4 Å². The van der Waals surface area contributed by atoms with Crippen molar-refractivity contribution in [2.45, 2.75) is 40.3 Å². The van der Waals surface area contributed by atoms with Crippen molar-refractivity contribution in [3.63, 3.8) is 0 Å². The zero-order valence-electron chi connectivity index (χ0n) is 10.6. The van der Waals surface area contributed by atoms with E-state index >= 15 is 0 Å². The van der Waals surface area contributed by atoms with E-state index in [1.807, 2.05) is 18.0 Å². The fraction of sp³-hybridized carbons (Fsp3) is 0.750. The standard InChI is InChI=1S/C12H23N3S/c1-4-6-13-9-12-10-14-15(11(12)3)7-8-16-5-2/h10,13H,4-9H2,1-3H3. The van der Waals surface area contributed by atoms with Gasteiger partial charge in [-0.3, -0.25) is 4.68 Å². The summed E-state index contributed by atoms with van der Waals surface area (Å²) in [6, 6.07) is 0. The Labute approximate surface area is 103 Å². The molecule has 0 atom stereocenters. The van der Waals surface area contributed by atoms with Crippen LogP contribution in [-0.2, 0) is 13.1 Å². The number of hydrogen-bond acceptors (Lipinski definition) is 3. The van der Waals surface area contributed by atoms with Crippen LogP contribution in [0.5, 0.6) is 0 Å². The van der Waals surface area contributed by atoms with Gasteiger partial charge in [0.25, 0.3) is 0 Å². The maximum atomic E-state index is 4.43. The second kappa shape index (κ2) is 7.74. The van der Waals surface area contributed by atoms with E-state index in [1.165, 1.54) is 23.4 Å². The Bertz CT molecular complexity index is 269. The van der Waals surface area contributed by atoms with Crippen LogP contribution in [0.2, 0.25) is 0 Å². The Kier molecular flexibility index (Phi) is 6.57. The zero-order chi connectivity index (χ0) is 11.8. The fourth-order valence-corrected chi connectivity index (χ4v) is 2.17. The molecule has 1 rings (SSSR count). The van der Waals surface area contributed by atoms with Crippen molar-refractivity contribution in [3.05, 3.63) is 17.5 Å². The second-order valence-corrected chi connectivity index (χ2v) is 5.25. The number of aryl methyl sites for hydroxylation is 1. The molecule has 0 radical (unpaired) electrons. The SMILES string of the molecule is CCCNCc1cnn(CCSCC)c1C. The Balaban J connectivity index is 2.41. The first-order valence-electron chi connectivity index (χ1n) is 6.09. The van der Waals surface area contributed by atoms with Gasteiger partial charge in [-0.15, -0.1) is 0 Å². The molecule has 1 N–H and O–H groups in total. The molecule has 1 aromatic rings. The highest BCUT2D eigenvalue weighted by atomic mass is 32.2. The van der Waals surface area contributed by atoms with Gasteiger partial charge in [0, 0.05) is 23.6 Å². The van der Waals surface area contributed by atoms with Crippen LogP contribution in [0.15, 0.2) is 6.20 Å². The maximum absolute atomic E-state index is 4.43. The minimum absolute atomic E-state index is 0.945. The molecule has 1 heterocycles. The smallest absolute Gasteiger partial charge is 0.0537 e. The quantitative estimate of drug-likeness (QED) is 0.709. The van der Waals surface area contributed by atoms with E-state index in [0.29, 0.717) is 0 Å². The van der Waals surface area contributed by atoms with Gasteiger partial charge in [-0.25, -0.2) is 0 Å². The van der Waals surface area contributed by atoms with Gasteiger partial charge in [0.1, 0.15) is 0 Å². The average molecular weight is 241 g/mol. The lowest BCUT2D eigenvalue weighted by molar-refractivity contribution is 0.637. The third-order valence-corrected chi connectivity index (χ3v) is 3.48. The molecule has 0 fully saturated rings. The average Bonchev–Trinajstić information content (AvgIpc) is 2.62. The highest BCUT2D eigenvalue weighted by molar-refractivity contribution is 7.99. The molecule has 4 heteroatoms. The molecule has 16 heavy (non-hydrogen) atoms. The number of hydrogen-bond donors (Lipinski definition) is 1. The fourth-order valence-electron chi connectivity index (χ4n) is 1.58. The third-order valence-electron chi connectivity index (χ3n) is 2.60. The molecule has 0 aliphatic rings. The minimum Gasteiger partial charge on any atom is -0.313 e. The van der Waals surface area contributed by atoms with E-state index in [4.69, 9.17) is 0 Å². The minimum atomic E-state index is 0.945. The van der Waals surface area contributed by atoms with Gasteiger partial charge in [0.2, 0.25) is 0 Å². The van der Waals surface area contributed by atoms with Gasteiger partial charge in [0.15, 0.2) is 0 Å². The number of nitrogens with zero attached hydrogens (tertiary/aromatic N) is 2. The number of aromatic nitrogens is 2. The van der Waals surface area contributed by atoms with Crippen LogP contribution in [0, 0.1) is 6.92 Å². The molecule has 0 saturated heterocycles. The first-order valence-corrected chi connectivity index (χ1v) is 7.24. The van der Waals surface area contributed by atoms with E-state index in [-0.39, 0.29) is 0 Å². The lowest BCUT2D eigenvalue weighted by Crippen LogP contribution is -2.14. The Morgan fingerprint density at radius 3 is 2.94 bits per heavy atom. The lowest BCUT2D eigenvalue weighted by atomic mass is 10.2. The molecule has 1 aromatic heterocycles.